The molecular formula is C14H12FN3O3. The van der Waals surface area contributed by atoms with Gasteiger partial charge in [0.2, 0.25) is 0 Å². The van der Waals surface area contributed by atoms with Crippen LogP contribution in [0.2, 0.25) is 0 Å². The SMILES string of the molecule is CCOC(=O)c1c(C)nc2c(-c3cnco3)cc(F)cn12. The molecule has 21 heavy (non-hydrogen) atoms. The van der Waals surface area contributed by atoms with Crippen LogP contribution in [0.1, 0.15) is 23.1 Å². The molecule has 0 aliphatic carbocycles. The first kappa shape index (κ1) is 13.3. The number of aromatic nitrogens is 3. The predicted molar refractivity (Wildman–Crippen MR) is 71.3 cm³/mol. The summed E-state index contributed by atoms with van der Waals surface area (Å²) in [5.41, 5.74) is 1.49. The van der Waals surface area contributed by atoms with Gasteiger partial charge in [0.25, 0.3) is 0 Å². The number of pyridine rings is 1. The maximum Gasteiger partial charge on any atom is 0.357 e. The Morgan fingerprint density at radius 1 is 1.52 bits per heavy atom. The van der Waals surface area contributed by atoms with Gasteiger partial charge in [-0.25, -0.2) is 19.2 Å². The fourth-order valence-corrected chi connectivity index (χ4v) is 2.20. The second-order valence-corrected chi connectivity index (χ2v) is 4.40. The van der Waals surface area contributed by atoms with Crippen molar-refractivity contribution < 1.29 is 18.3 Å². The summed E-state index contributed by atoms with van der Waals surface area (Å²) in [7, 11) is 0. The number of fused-ring (bicyclic) bond motifs is 1. The lowest BCUT2D eigenvalue weighted by Gasteiger charge is -2.05. The summed E-state index contributed by atoms with van der Waals surface area (Å²) in [6.07, 6.45) is 3.91. The van der Waals surface area contributed by atoms with Crippen molar-refractivity contribution in [2.24, 2.45) is 0 Å². The largest absolute Gasteiger partial charge is 0.461 e. The third kappa shape index (κ3) is 2.16. The second kappa shape index (κ2) is 5.01. The van der Waals surface area contributed by atoms with Crippen LogP contribution in [0, 0.1) is 12.7 Å². The Bertz CT molecular complexity index is 809. The van der Waals surface area contributed by atoms with E-state index in [-0.39, 0.29) is 12.3 Å². The Kier molecular flexibility index (Phi) is 3.17. The van der Waals surface area contributed by atoms with Crippen LogP contribution >= 0.6 is 0 Å². The number of esters is 1. The molecule has 3 aromatic rings. The predicted octanol–water partition coefficient (Wildman–Crippen LogP) is 2.61. The number of rotatable bonds is 3. The van der Waals surface area contributed by atoms with E-state index >= 15 is 0 Å². The third-order valence-electron chi connectivity index (χ3n) is 3.03. The number of aryl methyl sites for hydroxylation is 1. The fourth-order valence-electron chi connectivity index (χ4n) is 2.20. The van der Waals surface area contributed by atoms with Gasteiger partial charge < -0.3 is 9.15 Å². The van der Waals surface area contributed by atoms with Gasteiger partial charge in [-0.05, 0) is 19.9 Å². The van der Waals surface area contributed by atoms with Crippen molar-refractivity contribution >= 4 is 11.6 Å². The molecule has 7 heteroatoms. The molecule has 108 valence electrons. The van der Waals surface area contributed by atoms with E-state index in [0.29, 0.717) is 22.7 Å². The minimum absolute atomic E-state index is 0.201. The third-order valence-corrected chi connectivity index (χ3v) is 3.03. The first-order valence-electron chi connectivity index (χ1n) is 6.36. The van der Waals surface area contributed by atoms with Gasteiger partial charge in [0.15, 0.2) is 17.8 Å². The smallest absolute Gasteiger partial charge is 0.357 e. The van der Waals surface area contributed by atoms with E-state index in [1.807, 2.05) is 0 Å². The molecule has 3 rings (SSSR count). The Morgan fingerprint density at radius 3 is 3.00 bits per heavy atom. The molecule has 0 saturated heterocycles. The molecule has 0 aliphatic heterocycles. The Morgan fingerprint density at radius 2 is 2.33 bits per heavy atom. The van der Waals surface area contributed by atoms with Crippen molar-refractivity contribution in [1.29, 1.82) is 0 Å². The summed E-state index contributed by atoms with van der Waals surface area (Å²) < 4.78 is 25.4. The normalized spacial score (nSPS) is 11.0. The van der Waals surface area contributed by atoms with Crippen molar-refractivity contribution in [1.82, 2.24) is 14.4 Å². The van der Waals surface area contributed by atoms with Crippen LogP contribution in [0.3, 0.4) is 0 Å². The molecule has 0 aromatic carbocycles. The van der Waals surface area contributed by atoms with Crippen LogP contribution in [0.15, 0.2) is 29.3 Å². The summed E-state index contributed by atoms with van der Waals surface area (Å²) in [6.45, 7) is 3.61. The first-order chi connectivity index (χ1) is 10.1. The lowest BCUT2D eigenvalue weighted by molar-refractivity contribution is 0.0517. The number of oxazole rings is 1. The van der Waals surface area contributed by atoms with E-state index in [0.717, 1.165) is 0 Å². The van der Waals surface area contributed by atoms with Gasteiger partial charge >= 0.3 is 5.97 Å². The summed E-state index contributed by atoms with van der Waals surface area (Å²) in [5.74, 6) is -0.687. The van der Waals surface area contributed by atoms with Gasteiger partial charge in [0.05, 0.1) is 24.1 Å². The van der Waals surface area contributed by atoms with Crippen LogP contribution in [0.5, 0.6) is 0 Å². The second-order valence-electron chi connectivity index (χ2n) is 4.40. The van der Waals surface area contributed by atoms with Gasteiger partial charge in [-0.2, -0.15) is 0 Å². The molecule has 0 atom stereocenters. The minimum atomic E-state index is -0.545. The lowest BCUT2D eigenvalue weighted by atomic mass is 10.2. The maximum absolute atomic E-state index is 13.9. The van der Waals surface area contributed by atoms with Crippen LogP contribution < -0.4 is 0 Å². The summed E-state index contributed by atoms with van der Waals surface area (Å²) in [4.78, 5) is 20.1. The standard InChI is InChI=1S/C14H12FN3O3/c1-3-20-14(19)12-8(2)17-13-10(11-5-16-7-21-11)4-9(15)6-18(12)13/h4-7H,3H2,1-2H3. The number of hydrogen-bond donors (Lipinski definition) is 0. The van der Waals surface area contributed by atoms with Crippen molar-refractivity contribution in [3.63, 3.8) is 0 Å². The van der Waals surface area contributed by atoms with Crippen molar-refractivity contribution in [2.45, 2.75) is 13.8 Å². The Balaban J connectivity index is 2.29. The first-order valence-corrected chi connectivity index (χ1v) is 6.36. The molecule has 0 saturated carbocycles. The van der Waals surface area contributed by atoms with Crippen LogP contribution in [-0.4, -0.2) is 26.9 Å². The number of carbonyl (C=O) groups excluding carboxylic acids is 1. The molecule has 3 heterocycles. The van der Waals surface area contributed by atoms with E-state index in [2.05, 4.69) is 9.97 Å². The van der Waals surface area contributed by atoms with E-state index in [9.17, 15) is 9.18 Å². The van der Waals surface area contributed by atoms with E-state index in [1.54, 1.807) is 13.8 Å². The van der Waals surface area contributed by atoms with E-state index in [4.69, 9.17) is 9.15 Å². The summed E-state index contributed by atoms with van der Waals surface area (Å²) >= 11 is 0. The Hall–Kier alpha value is -2.70. The van der Waals surface area contributed by atoms with Crippen molar-refractivity contribution in [3.8, 4) is 11.3 Å². The van der Waals surface area contributed by atoms with Crippen molar-refractivity contribution in [2.75, 3.05) is 6.61 Å². The quantitative estimate of drug-likeness (QED) is 0.693. The summed E-state index contributed by atoms with van der Waals surface area (Å²) in [6, 6.07) is 1.29. The zero-order valence-corrected chi connectivity index (χ0v) is 11.5. The highest BCUT2D eigenvalue weighted by Gasteiger charge is 2.21. The van der Waals surface area contributed by atoms with Gasteiger partial charge in [0.1, 0.15) is 11.5 Å². The average Bonchev–Trinajstić information content (AvgIpc) is 3.05. The maximum atomic E-state index is 13.9. The van der Waals surface area contributed by atoms with Gasteiger partial charge in [-0.3, -0.25) is 4.40 Å². The molecule has 0 spiro atoms. The number of ether oxygens (including phenoxy) is 1. The fraction of sp³-hybridized carbons (Fsp3) is 0.214. The monoisotopic (exact) mass is 289 g/mol. The number of nitrogens with zero attached hydrogens (tertiary/aromatic N) is 3. The van der Waals surface area contributed by atoms with Gasteiger partial charge in [-0.1, -0.05) is 0 Å². The number of imidazole rings is 1. The highest BCUT2D eigenvalue weighted by atomic mass is 19.1. The molecule has 0 radical (unpaired) electrons. The number of hydrogen-bond acceptors (Lipinski definition) is 5. The zero-order chi connectivity index (χ0) is 15.0. The average molecular weight is 289 g/mol. The van der Waals surface area contributed by atoms with Crippen molar-refractivity contribution in [3.05, 3.63) is 42.1 Å². The molecule has 6 nitrogen and oxygen atoms in total. The molecular weight excluding hydrogens is 277 g/mol. The van der Waals surface area contributed by atoms with Gasteiger partial charge in [-0.15, -0.1) is 0 Å². The molecule has 0 aliphatic rings. The van der Waals surface area contributed by atoms with E-state index < -0.39 is 11.8 Å². The molecule has 0 N–H and O–H groups in total. The highest BCUT2D eigenvalue weighted by Crippen LogP contribution is 2.27. The zero-order valence-electron chi connectivity index (χ0n) is 11.5. The van der Waals surface area contributed by atoms with Crippen LogP contribution in [0.4, 0.5) is 4.39 Å². The molecule has 0 amide bonds. The highest BCUT2D eigenvalue weighted by molar-refractivity contribution is 5.91. The minimum Gasteiger partial charge on any atom is -0.461 e. The van der Waals surface area contributed by atoms with Crippen LogP contribution in [-0.2, 0) is 4.74 Å². The molecule has 0 unspecified atom stereocenters. The van der Waals surface area contributed by atoms with Crippen LogP contribution in [0.25, 0.3) is 17.0 Å². The number of carbonyl (C=O) groups is 1. The van der Waals surface area contributed by atoms with Gasteiger partial charge in [0, 0.05) is 6.20 Å². The summed E-state index contributed by atoms with van der Waals surface area (Å²) in [5, 5.41) is 0. The topological polar surface area (TPSA) is 69.6 Å². The van der Waals surface area contributed by atoms with E-state index in [1.165, 1.54) is 29.3 Å². The molecule has 0 bridgehead atoms. The molecule has 3 aromatic heterocycles. The Labute approximate surface area is 119 Å². The number of halogens is 1. The lowest BCUT2D eigenvalue weighted by Crippen LogP contribution is -2.09. The molecule has 0 fully saturated rings.